The van der Waals surface area contributed by atoms with Crippen LogP contribution in [0.5, 0.6) is 0 Å². The molecule has 1 heterocycles. The molecule has 1 aliphatic rings. The summed E-state index contributed by atoms with van der Waals surface area (Å²) in [4.78, 5) is 24.5. The van der Waals surface area contributed by atoms with Crippen molar-refractivity contribution in [3.05, 3.63) is 0 Å². The van der Waals surface area contributed by atoms with Gasteiger partial charge in [-0.25, -0.2) is 0 Å². The standard InChI is InChI=1S/C11H19NO3/c1-4-8-6-9(11(14)15-3)12(5-2)10(8)7-13/h7-10H,4-6H2,1-3H3/t8-,9-,10+/m1/s1. The second-order valence-electron chi connectivity index (χ2n) is 3.90. The van der Waals surface area contributed by atoms with Gasteiger partial charge in [-0.15, -0.1) is 0 Å². The Bertz CT molecular complexity index is 242. The van der Waals surface area contributed by atoms with Crippen LogP contribution in [0.1, 0.15) is 26.7 Å². The predicted molar refractivity (Wildman–Crippen MR) is 56.4 cm³/mol. The van der Waals surface area contributed by atoms with Crippen LogP contribution in [0.2, 0.25) is 0 Å². The van der Waals surface area contributed by atoms with Crippen LogP contribution < -0.4 is 0 Å². The van der Waals surface area contributed by atoms with Gasteiger partial charge in [-0.2, -0.15) is 0 Å². The Morgan fingerprint density at radius 2 is 2.20 bits per heavy atom. The first kappa shape index (κ1) is 12.2. The Morgan fingerprint density at radius 3 is 2.60 bits per heavy atom. The molecule has 0 radical (unpaired) electrons. The Labute approximate surface area is 90.6 Å². The number of methoxy groups -OCH3 is 1. The molecule has 4 nitrogen and oxygen atoms in total. The minimum Gasteiger partial charge on any atom is -0.468 e. The van der Waals surface area contributed by atoms with Gasteiger partial charge in [0, 0.05) is 0 Å². The quantitative estimate of drug-likeness (QED) is 0.513. The summed E-state index contributed by atoms with van der Waals surface area (Å²) in [5, 5.41) is 0. The van der Waals surface area contributed by atoms with Gasteiger partial charge in [-0.3, -0.25) is 9.69 Å². The van der Waals surface area contributed by atoms with Crippen molar-refractivity contribution in [1.82, 2.24) is 4.90 Å². The van der Waals surface area contributed by atoms with Gasteiger partial charge < -0.3 is 9.53 Å². The average Bonchev–Trinajstić information content (AvgIpc) is 2.65. The van der Waals surface area contributed by atoms with Crippen molar-refractivity contribution in [3.63, 3.8) is 0 Å². The van der Waals surface area contributed by atoms with Gasteiger partial charge in [0.05, 0.1) is 13.2 Å². The largest absolute Gasteiger partial charge is 0.468 e. The van der Waals surface area contributed by atoms with E-state index in [4.69, 9.17) is 4.74 Å². The first-order valence-corrected chi connectivity index (χ1v) is 5.48. The molecule has 0 aromatic carbocycles. The summed E-state index contributed by atoms with van der Waals surface area (Å²) in [6.07, 6.45) is 2.62. The number of esters is 1. The zero-order chi connectivity index (χ0) is 11.4. The third kappa shape index (κ3) is 2.20. The molecule has 86 valence electrons. The van der Waals surface area contributed by atoms with Crippen molar-refractivity contribution < 1.29 is 14.3 Å². The Hall–Kier alpha value is -0.900. The Kier molecular flexibility index (Phi) is 4.27. The number of carbonyl (C=O) groups excluding carboxylic acids is 2. The van der Waals surface area contributed by atoms with Crippen molar-refractivity contribution in [1.29, 1.82) is 0 Å². The lowest BCUT2D eigenvalue weighted by Gasteiger charge is -2.24. The maximum atomic E-state index is 11.5. The third-order valence-electron chi connectivity index (χ3n) is 3.29. The van der Waals surface area contributed by atoms with Gasteiger partial charge in [0.1, 0.15) is 12.3 Å². The number of ether oxygens (including phenoxy) is 1. The van der Waals surface area contributed by atoms with Gasteiger partial charge >= 0.3 is 5.97 Å². The maximum Gasteiger partial charge on any atom is 0.323 e. The highest BCUT2D eigenvalue weighted by Crippen LogP contribution is 2.31. The van der Waals surface area contributed by atoms with Crippen molar-refractivity contribution in [3.8, 4) is 0 Å². The molecule has 0 saturated carbocycles. The van der Waals surface area contributed by atoms with Crippen molar-refractivity contribution in [2.24, 2.45) is 5.92 Å². The van der Waals surface area contributed by atoms with Crippen molar-refractivity contribution >= 4 is 12.3 Å². The minimum atomic E-state index is -0.236. The van der Waals surface area contributed by atoms with Crippen molar-refractivity contribution in [2.75, 3.05) is 13.7 Å². The molecule has 0 spiro atoms. The smallest absolute Gasteiger partial charge is 0.323 e. The third-order valence-corrected chi connectivity index (χ3v) is 3.29. The van der Waals surface area contributed by atoms with E-state index in [0.29, 0.717) is 6.54 Å². The molecular formula is C11H19NO3. The summed E-state index contributed by atoms with van der Waals surface area (Å²) in [6, 6.07) is -0.357. The second-order valence-corrected chi connectivity index (χ2v) is 3.90. The highest BCUT2D eigenvalue weighted by atomic mass is 16.5. The summed E-state index contributed by atoms with van der Waals surface area (Å²) >= 11 is 0. The van der Waals surface area contributed by atoms with Gasteiger partial charge in [-0.1, -0.05) is 20.3 Å². The van der Waals surface area contributed by atoms with Crippen LogP contribution in [0.4, 0.5) is 0 Å². The number of aldehydes is 1. The van der Waals surface area contributed by atoms with E-state index in [2.05, 4.69) is 6.92 Å². The molecule has 4 heteroatoms. The fraction of sp³-hybridized carbons (Fsp3) is 0.818. The van der Waals surface area contributed by atoms with E-state index in [1.165, 1.54) is 7.11 Å². The number of hydrogen-bond donors (Lipinski definition) is 0. The number of hydrogen-bond acceptors (Lipinski definition) is 4. The molecule has 0 N–H and O–H groups in total. The van der Waals surface area contributed by atoms with Crippen LogP contribution in [0.25, 0.3) is 0 Å². The molecule has 0 aromatic heterocycles. The first-order valence-electron chi connectivity index (χ1n) is 5.48. The fourth-order valence-electron chi connectivity index (χ4n) is 2.44. The topological polar surface area (TPSA) is 46.6 Å². The van der Waals surface area contributed by atoms with E-state index in [0.717, 1.165) is 19.1 Å². The lowest BCUT2D eigenvalue weighted by Crippen LogP contribution is -2.42. The zero-order valence-corrected chi connectivity index (χ0v) is 9.60. The number of rotatable bonds is 4. The molecule has 1 rings (SSSR count). The summed E-state index contributed by atoms with van der Waals surface area (Å²) in [6.45, 7) is 4.72. The average molecular weight is 213 g/mol. The zero-order valence-electron chi connectivity index (χ0n) is 9.60. The molecule has 0 amide bonds. The first-order chi connectivity index (χ1) is 7.19. The van der Waals surface area contributed by atoms with E-state index >= 15 is 0 Å². The molecule has 0 unspecified atom stereocenters. The predicted octanol–water partition coefficient (Wildman–Crippen LogP) is 0.847. The fourth-order valence-corrected chi connectivity index (χ4v) is 2.44. The lowest BCUT2D eigenvalue weighted by atomic mass is 9.97. The number of likely N-dealkylation sites (tertiary alicyclic amines) is 1. The molecule has 1 aliphatic heterocycles. The van der Waals surface area contributed by atoms with Gasteiger partial charge in [-0.05, 0) is 18.9 Å². The van der Waals surface area contributed by atoms with E-state index in [-0.39, 0.29) is 24.0 Å². The van der Waals surface area contributed by atoms with Crippen molar-refractivity contribution in [2.45, 2.75) is 38.8 Å². The number of nitrogens with zero attached hydrogens (tertiary/aromatic N) is 1. The molecule has 1 saturated heterocycles. The molecule has 0 bridgehead atoms. The normalized spacial score (nSPS) is 31.5. The van der Waals surface area contributed by atoms with Crippen LogP contribution in [0, 0.1) is 5.92 Å². The summed E-state index contributed by atoms with van der Waals surface area (Å²) in [7, 11) is 1.39. The van der Waals surface area contributed by atoms with Crippen LogP contribution in [0.15, 0.2) is 0 Å². The second kappa shape index (κ2) is 5.26. The van der Waals surface area contributed by atoms with E-state index < -0.39 is 0 Å². The summed E-state index contributed by atoms with van der Waals surface area (Å²) in [5.74, 6) is 0.0613. The molecular weight excluding hydrogens is 194 g/mol. The van der Waals surface area contributed by atoms with E-state index in [9.17, 15) is 9.59 Å². The highest BCUT2D eigenvalue weighted by Gasteiger charge is 2.43. The Morgan fingerprint density at radius 1 is 1.53 bits per heavy atom. The van der Waals surface area contributed by atoms with E-state index in [1.54, 1.807) is 0 Å². The van der Waals surface area contributed by atoms with Gasteiger partial charge in [0.25, 0.3) is 0 Å². The van der Waals surface area contributed by atoms with E-state index in [1.807, 2.05) is 11.8 Å². The molecule has 15 heavy (non-hydrogen) atoms. The molecule has 1 fully saturated rings. The summed E-state index contributed by atoms with van der Waals surface area (Å²) < 4.78 is 4.76. The molecule has 0 aliphatic carbocycles. The monoisotopic (exact) mass is 213 g/mol. The van der Waals surface area contributed by atoms with Crippen LogP contribution in [-0.4, -0.2) is 42.9 Å². The highest BCUT2D eigenvalue weighted by molar-refractivity contribution is 5.77. The van der Waals surface area contributed by atoms with Crippen LogP contribution in [-0.2, 0) is 14.3 Å². The van der Waals surface area contributed by atoms with Gasteiger partial charge in [0.15, 0.2) is 0 Å². The lowest BCUT2D eigenvalue weighted by molar-refractivity contribution is -0.146. The minimum absolute atomic E-state index is 0.121. The molecule has 0 aromatic rings. The Balaban J connectivity index is 2.83. The maximum absolute atomic E-state index is 11.5. The SMILES string of the molecule is CC[C@@H]1C[C@H](C(=O)OC)N(CC)[C@H]1C=O. The number of carbonyl (C=O) groups is 2. The summed E-state index contributed by atoms with van der Waals surface area (Å²) in [5.41, 5.74) is 0. The molecule has 3 atom stereocenters. The van der Waals surface area contributed by atoms with Gasteiger partial charge in [0.2, 0.25) is 0 Å². The van der Waals surface area contributed by atoms with Crippen LogP contribution >= 0.6 is 0 Å². The van der Waals surface area contributed by atoms with Crippen LogP contribution in [0.3, 0.4) is 0 Å². The number of likely N-dealkylation sites (N-methyl/N-ethyl adjacent to an activating group) is 1.